The second-order valence-electron chi connectivity index (χ2n) is 22.2. The summed E-state index contributed by atoms with van der Waals surface area (Å²) in [5, 5.41) is 35.4. The molecule has 9 rings (SSSR count). The normalized spacial score (nSPS) is 37.0. The summed E-state index contributed by atoms with van der Waals surface area (Å²) in [7, 11) is 17.4. The van der Waals surface area contributed by atoms with Crippen molar-refractivity contribution >= 4 is 54.3 Å². The summed E-state index contributed by atoms with van der Waals surface area (Å²) in [5.74, 6) is 0.366. The molecule has 0 aromatic heterocycles. The smallest absolute Gasteiger partial charge is 0.320 e. The summed E-state index contributed by atoms with van der Waals surface area (Å²) >= 11 is 3.50. The van der Waals surface area contributed by atoms with E-state index in [9.17, 15) is 34.4 Å². The number of hydroxylamine groups is 4. The van der Waals surface area contributed by atoms with Crippen LogP contribution in [0.4, 0.5) is 19.2 Å². The third kappa shape index (κ3) is 21.3. The van der Waals surface area contributed by atoms with E-state index in [1.54, 1.807) is 62.7 Å². The number of hydrogen-bond acceptors (Lipinski definition) is 18. The van der Waals surface area contributed by atoms with Gasteiger partial charge in [0.2, 0.25) is 5.91 Å². The van der Waals surface area contributed by atoms with E-state index in [1.165, 1.54) is 0 Å². The number of hydrogen-bond donors (Lipinski definition) is 10. The minimum Gasteiger partial charge on any atom is -0.604 e. The largest absolute Gasteiger partial charge is 0.604 e. The van der Waals surface area contributed by atoms with Gasteiger partial charge < -0.3 is 51.3 Å². The Morgan fingerprint density at radius 1 is 0.443 bits per heavy atom. The van der Waals surface area contributed by atoms with Gasteiger partial charge in [-0.05, 0) is 131 Å². The first-order valence-electron chi connectivity index (χ1n) is 27.5. The minimum atomic E-state index is -0.266. The summed E-state index contributed by atoms with van der Waals surface area (Å²) in [6, 6.07) is 6.51. The molecule has 9 aliphatic heterocycles. The molecule has 0 bridgehead atoms. The second-order valence-corrected chi connectivity index (χ2v) is 24.5. The third-order valence-corrected chi connectivity index (χ3v) is 19.3. The SMILES string of the molecule is CC1=C(C)[NH+]([O-])N[NH+]1[O-].CC1C(=O)N(C)N(C)C1C.CC1C(C)N(C)C(=O)N1C.CC1C(C)N(C)SN1C.CC1NC(=O)N(C)C1C.CC1NC(=O)N(C)C1C.CC1NC(=O)NC1C.CC1NONC1C.CC1NSN(C)C1C. The third-order valence-electron chi connectivity index (χ3n) is 17.0. The van der Waals surface area contributed by atoms with Crippen LogP contribution >= 0.6 is 24.3 Å². The number of amides is 9. The molecule has 0 saturated carbocycles. The molecule has 79 heavy (non-hydrogen) atoms. The Hall–Kier alpha value is -3.53. The van der Waals surface area contributed by atoms with Gasteiger partial charge in [0.25, 0.3) is 0 Å². The molecule has 10 N–H and O–H groups in total. The predicted octanol–water partition coefficient (Wildman–Crippen LogP) is 1.31. The first-order chi connectivity index (χ1) is 36.3. The van der Waals surface area contributed by atoms with Gasteiger partial charge in [-0.2, -0.15) is 11.0 Å². The molecule has 8 saturated heterocycles. The Morgan fingerprint density at radius 3 is 0.924 bits per heavy atom. The molecule has 462 valence electrons. The number of nitrogens with one attached hydrogen (secondary N) is 10. The molecule has 9 heterocycles. The van der Waals surface area contributed by atoms with Crippen molar-refractivity contribution in [3.8, 4) is 0 Å². The molecule has 0 aromatic rings. The number of likely N-dealkylation sites (N-methyl/N-ethyl adjacent to an activating group) is 7. The number of carbonyl (C=O) groups excluding carboxylic acids is 5. The van der Waals surface area contributed by atoms with Crippen molar-refractivity contribution in [2.24, 2.45) is 5.92 Å². The van der Waals surface area contributed by atoms with Crippen molar-refractivity contribution < 1.29 is 39.3 Å². The van der Waals surface area contributed by atoms with Crippen molar-refractivity contribution in [3.63, 3.8) is 0 Å². The topological polar surface area (TPSA) is 275 Å². The van der Waals surface area contributed by atoms with Gasteiger partial charge in [0, 0.05) is 147 Å². The van der Waals surface area contributed by atoms with E-state index in [-0.39, 0.29) is 58.4 Å². The van der Waals surface area contributed by atoms with Crippen molar-refractivity contribution in [1.29, 1.82) is 0 Å². The summed E-state index contributed by atoms with van der Waals surface area (Å²) < 4.78 is 10.1. The molecule has 0 spiro atoms. The van der Waals surface area contributed by atoms with Crippen LogP contribution in [-0.4, -0.2) is 227 Å². The van der Waals surface area contributed by atoms with Gasteiger partial charge in [-0.25, -0.2) is 57.1 Å². The van der Waals surface area contributed by atoms with Crippen molar-refractivity contribution in [2.75, 3.05) is 63.4 Å². The number of allylic oxidation sites excluding steroid dienone is 2. The quantitative estimate of drug-likeness (QED) is 0.121. The van der Waals surface area contributed by atoms with Crippen LogP contribution in [-0.2, 0) is 9.73 Å². The zero-order valence-electron chi connectivity index (χ0n) is 52.8. The molecule has 8 fully saturated rings. The van der Waals surface area contributed by atoms with Gasteiger partial charge in [0.15, 0.2) is 11.4 Å². The van der Waals surface area contributed by atoms with Gasteiger partial charge in [0.05, 0.1) is 30.1 Å². The average Bonchev–Trinajstić information content (AvgIpc) is 4.27. The van der Waals surface area contributed by atoms with Gasteiger partial charge in [0.1, 0.15) is 0 Å². The van der Waals surface area contributed by atoms with Crippen LogP contribution in [0, 0.1) is 16.3 Å². The van der Waals surface area contributed by atoms with E-state index in [1.807, 2.05) is 95.8 Å². The fourth-order valence-corrected chi connectivity index (χ4v) is 9.69. The molecule has 0 radical (unpaired) electrons. The first kappa shape index (κ1) is 73.5. The summed E-state index contributed by atoms with van der Waals surface area (Å²) in [4.78, 5) is 66.1. The van der Waals surface area contributed by atoms with Crippen LogP contribution in [0.3, 0.4) is 0 Å². The van der Waals surface area contributed by atoms with Crippen molar-refractivity contribution in [2.45, 2.75) is 215 Å². The van der Waals surface area contributed by atoms with E-state index in [2.05, 4.69) is 144 Å². The van der Waals surface area contributed by atoms with Crippen molar-refractivity contribution in [1.82, 2.24) is 85.0 Å². The second kappa shape index (κ2) is 33.5. The summed E-state index contributed by atoms with van der Waals surface area (Å²) in [6.45, 7) is 36.5. The fraction of sp³-hybridized carbons (Fsp3) is 0.860. The Labute approximate surface area is 483 Å². The zero-order valence-corrected chi connectivity index (χ0v) is 54.5. The number of rotatable bonds is 0. The molecule has 29 heteroatoms. The molecule has 18 atom stereocenters. The van der Waals surface area contributed by atoms with Crippen molar-refractivity contribution in [3.05, 3.63) is 21.8 Å². The molecular weight excluding hydrogens is 1060 g/mol. The summed E-state index contributed by atoms with van der Waals surface area (Å²) in [6.07, 6.45) is 0. The highest BCUT2D eigenvalue weighted by Crippen LogP contribution is 2.29. The number of nitrogens with zero attached hydrogens (tertiary/aromatic N) is 9. The molecule has 9 amide bonds. The van der Waals surface area contributed by atoms with E-state index >= 15 is 0 Å². The van der Waals surface area contributed by atoms with Gasteiger partial charge >= 0.3 is 24.1 Å². The lowest BCUT2D eigenvalue weighted by Crippen LogP contribution is -3.29. The minimum absolute atomic E-state index is 0.0370. The highest BCUT2D eigenvalue weighted by molar-refractivity contribution is 7.95. The highest BCUT2D eigenvalue weighted by Gasteiger charge is 2.38. The fourth-order valence-electron chi connectivity index (χ4n) is 7.76. The van der Waals surface area contributed by atoms with Crippen LogP contribution in [0.15, 0.2) is 11.4 Å². The lowest BCUT2D eigenvalue weighted by atomic mass is 10.1. The number of hydrazine groups is 1. The molecule has 0 aliphatic carbocycles. The number of quaternary nitrogens is 2. The van der Waals surface area contributed by atoms with Gasteiger partial charge in [-0.15, -0.1) is 0 Å². The Kier molecular flexibility index (Phi) is 31.2. The van der Waals surface area contributed by atoms with E-state index < -0.39 is 0 Å². The Morgan fingerprint density at radius 2 is 0.823 bits per heavy atom. The molecular formula is C50H107N19O8S2. The standard InChI is InChI=1S/2C7H14N2O.2C6H12N2O.C6H14N2S.C5H10N2O.C5H12N2S.C4H9N3O2.C4H10N2O/c1-5-6(2)9(4)7(10)8(5)3;1-5-6(2)8(3)9(4)7(5)10;2*1-4-5(2)8(3)6(9)7-4;1-5-6(2)8(4)9-7(5)3;1-3-4(2)7-5(8)6-3;1-4-5(2)7(3)8-6-4;1-3-4(2)7(9)5-6(3)8;1-3-4(2)6-7-5-3/h2*5-6H,1-4H3;2*4-5H,1-3H3,(H,7,9);5-6H,1-4H3;3-4H,1-2H3,(H2,6,7,8);4-6H,1-3H3;5-7H,1-2H3;3-6H,1-2H3. The summed E-state index contributed by atoms with van der Waals surface area (Å²) in [5.41, 5.74) is 8.74. The maximum Gasteiger partial charge on any atom is 0.320 e. The van der Waals surface area contributed by atoms with Crippen LogP contribution in [0.5, 0.6) is 0 Å². The lowest BCUT2D eigenvalue weighted by molar-refractivity contribution is -1.05. The van der Waals surface area contributed by atoms with Gasteiger partial charge in [-0.3, -0.25) is 9.80 Å². The van der Waals surface area contributed by atoms with Crippen LogP contribution in [0.25, 0.3) is 0 Å². The van der Waals surface area contributed by atoms with Crippen LogP contribution in [0.1, 0.15) is 125 Å². The van der Waals surface area contributed by atoms with E-state index in [0.29, 0.717) is 89.9 Å². The first-order valence-corrected chi connectivity index (χ1v) is 29.0. The molecule has 27 nitrogen and oxygen atoms in total. The molecule has 18 unspecified atom stereocenters. The maximum absolute atomic E-state index is 11.2. The Bertz CT molecular complexity index is 1800. The van der Waals surface area contributed by atoms with E-state index in [4.69, 9.17) is 0 Å². The molecule has 0 aromatic carbocycles. The average molecular weight is 1170 g/mol. The lowest BCUT2D eigenvalue weighted by Gasteiger charge is -2.21. The van der Waals surface area contributed by atoms with Crippen LogP contribution in [0.2, 0.25) is 0 Å². The van der Waals surface area contributed by atoms with E-state index in [0.717, 1.165) is 0 Å². The molecule has 9 aliphatic rings. The van der Waals surface area contributed by atoms with Crippen LogP contribution < -0.4 is 52.8 Å². The highest BCUT2D eigenvalue weighted by atomic mass is 32.2. The Balaban J connectivity index is 0.000000445. The zero-order chi connectivity index (χ0) is 61.4. The number of carbonyl (C=O) groups is 5. The number of urea groups is 4. The monoisotopic (exact) mass is 1170 g/mol. The predicted molar refractivity (Wildman–Crippen MR) is 316 cm³/mol. The van der Waals surface area contributed by atoms with Gasteiger partial charge in [-0.1, -0.05) is 6.92 Å². The maximum atomic E-state index is 11.2.